The summed E-state index contributed by atoms with van der Waals surface area (Å²) in [6.45, 7) is 4.71. The molecule has 2 aliphatic rings. The highest BCUT2D eigenvalue weighted by molar-refractivity contribution is 6.30. The Kier molecular flexibility index (Phi) is 7.02. The number of hydrogen-bond donors (Lipinski definition) is 0. The van der Waals surface area contributed by atoms with Crippen molar-refractivity contribution in [3.63, 3.8) is 0 Å². The smallest absolute Gasteiger partial charge is 0.195 e. The minimum atomic E-state index is -0.727. The normalized spacial score (nSPS) is 19.7. The Hall–Kier alpha value is -1.96. The van der Waals surface area contributed by atoms with Crippen molar-refractivity contribution in [3.8, 4) is 0 Å². The van der Waals surface area contributed by atoms with Crippen molar-refractivity contribution in [1.82, 2.24) is 4.90 Å². The number of nitrogens with zero attached hydrogens (tertiary/aromatic N) is 2. The Morgan fingerprint density at radius 2 is 1.63 bits per heavy atom. The maximum Gasteiger partial charge on any atom is 0.195 e. The molecule has 2 heterocycles. The van der Waals surface area contributed by atoms with E-state index in [9.17, 15) is 0 Å². The molecular weight excluding hydrogens is 404 g/mol. The Balaban J connectivity index is 1.50. The molecule has 6 nitrogen and oxygen atoms in total. The van der Waals surface area contributed by atoms with Gasteiger partial charge in [0.1, 0.15) is 5.84 Å². The number of halogens is 1. The first-order valence-corrected chi connectivity index (χ1v) is 10.6. The molecule has 1 atom stereocenters. The summed E-state index contributed by atoms with van der Waals surface area (Å²) in [4.78, 5) is 7.01. The van der Waals surface area contributed by atoms with Gasteiger partial charge < -0.3 is 23.8 Å². The van der Waals surface area contributed by atoms with E-state index in [0.717, 1.165) is 35.6 Å². The molecular formula is C23H27ClN2O4. The lowest BCUT2D eigenvalue weighted by atomic mass is 9.93. The molecule has 160 valence electrons. The number of aliphatic imine (C=N–C) groups is 1. The summed E-state index contributed by atoms with van der Waals surface area (Å²) in [6.07, 6.45) is 0. The van der Waals surface area contributed by atoms with E-state index >= 15 is 0 Å². The molecule has 4 rings (SSSR count). The van der Waals surface area contributed by atoms with Gasteiger partial charge in [0.25, 0.3) is 0 Å². The molecule has 1 unspecified atom stereocenters. The van der Waals surface area contributed by atoms with Crippen LogP contribution in [0.15, 0.2) is 53.5 Å². The predicted molar refractivity (Wildman–Crippen MR) is 116 cm³/mol. The van der Waals surface area contributed by atoms with Crippen molar-refractivity contribution < 1.29 is 18.9 Å². The summed E-state index contributed by atoms with van der Waals surface area (Å²) >= 11 is 6.16. The molecule has 0 radical (unpaired) electrons. The van der Waals surface area contributed by atoms with Crippen LogP contribution in [0.3, 0.4) is 0 Å². The topological polar surface area (TPSA) is 52.5 Å². The average molecular weight is 431 g/mol. The number of amidine groups is 1. The maximum atomic E-state index is 6.62. The summed E-state index contributed by atoms with van der Waals surface area (Å²) in [5, 5.41) is 0.701. The Morgan fingerprint density at radius 3 is 2.40 bits per heavy atom. The second kappa shape index (κ2) is 9.90. The van der Waals surface area contributed by atoms with E-state index in [1.165, 1.54) is 0 Å². The monoisotopic (exact) mass is 430 g/mol. The predicted octanol–water partition coefficient (Wildman–Crippen LogP) is 3.31. The van der Waals surface area contributed by atoms with E-state index in [1.807, 2.05) is 36.4 Å². The molecule has 0 saturated carbocycles. The van der Waals surface area contributed by atoms with Gasteiger partial charge in [-0.05, 0) is 12.1 Å². The maximum absolute atomic E-state index is 6.62. The van der Waals surface area contributed by atoms with Crippen molar-refractivity contribution >= 4 is 17.4 Å². The molecule has 2 aromatic rings. The molecule has 0 spiro atoms. The van der Waals surface area contributed by atoms with Crippen LogP contribution in [0.1, 0.15) is 16.7 Å². The van der Waals surface area contributed by atoms with Crippen molar-refractivity contribution in [3.05, 3.63) is 70.2 Å². The van der Waals surface area contributed by atoms with Crippen LogP contribution >= 0.6 is 11.6 Å². The number of rotatable bonds is 11. The van der Waals surface area contributed by atoms with Gasteiger partial charge in [-0.3, -0.25) is 4.99 Å². The van der Waals surface area contributed by atoms with E-state index in [2.05, 4.69) is 17.0 Å². The standard InChI is InChI=1S/C23H27ClN2O4/c1-27-12-13-28-14-15-29-16-17-30-23(18-6-8-19(24)9-7-18)21-5-3-2-4-20(21)22-25-10-11-26(22)23/h2-9H,10-17H2,1H3. The molecule has 0 fully saturated rings. The van der Waals surface area contributed by atoms with E-state index in [-0.39, 0.29) is 0 Å². The summed E-state index contributed by atoms with van der Waals surface area (Å²) in [6, 6.07) is 16.2. The second-order valence-electron chi connectivity index (χ2n) is 7.12. The zero-order chi connectivity index (χ0) is 20.8. The molecule has 30 heavy (non-hydrogen) atoms. The number of hydrogen-bond acceptors (Lipinski definition) is 6. The fraction of sp³-hybridized carbons (Fsp3) is 0.435. The quantitative estimate of drug-likeness (QED) is 0.512. The Bertz CT molecular complexity index is 874. The summed E-state index contributed by atoms with van der Waals surface area (Å²) in [5.41, 5.74) is 2.54. The van der Waals surface area contributed by atoms with Gasteiger partial charge in [-0.25, -0.2) is 0 Å². The highest BCUT2D eigenvalue weighted by Gasteiger charge is 2.51. The third-order valence-corrected chi connectivity index (χ3v) is 5.58. The fourth-order valence-corrected chi connectivity index (χ4v) is 4.17. The van der Waals surface area contributed by atoms with E-state index < -0.39 is 5.72 Å². The van der Waals surface area contributed by atoms with Crippen LogP contribution in [0.4, 0.5) is 0 Å². The first kappa shape index (κ1) is 21.3. The fourth-order valence-electron chi connectivity index (χ4n) is 4.04. The molecule has 0 aromatic heterocycles. The third kappa shape index (κ3) is 4.11. The van der Waals surface area contributed by atoms with Crippen LogP contribution in [-0.2, 0) is 24.7 Å². The SMILES string of the molecule is COCCOCCOCCOC1(c2ccc(Cl)cc2)c2ccccc2C2=NCCN21. The number of methoxy groups -OCH3 is 1. The lowest BCUT2D eigenvalue weighted by Gasteiger charge is -2.39. The minimum absolute atomic E-state index is 0.443. The van der Waals surface area contributed by atoms with Gasteiger partial charge in [-0.2, -0.15) is 0 Å². The molecule has 0 bridgehead atoms. The van der Waals surface area contributed by atoms with Gasteiger partial charge >= 0.3 is 0 Å². The van der Waals surface area contributed by atoms with Crippen LogP contribution in [-0.4, -0.2) is 70.6 Å². The average Bonchev–Trinajstić information content (AvgIpc) is 3.35. The van der Waals surface area contributed by atoms with Gasteiger partial charge in [0.15, 0.2) is 5.72 Å². The first-order valence-electron chi connectivity index (χ1n) is 10.2. The Labute approximate surface area is 182 Å². The zero-order valence-electron chi connectivity index (χ0n) is 17.2. The number of fused-ring (bicyclic) bond motifs is 3. The lowest BCUT2D eigenvalue weighted by molar-refractivity contribution is -0.111. The first-order chi connectivity index (χ1) is 14.8. The number of benzene rings is 2. The third-order valence-electron chi connectivity index (χ3n) is 5.33. The van der Waals surface area contributed by atoms with Crippen LogP contribution in [0.2, 0.25) is 5.02 Å². The van der Waals surface area contributed by atoms with Crippen molar-refractivity contribution in [2.24, 2.45) is 4.99 Å². The van der Waals surface area contributed by atoms with Gasteiger partial charge in [0.2, 0.25) is 0 Å². The van der Waals surface area contributed by atoms with Crippen molar-refractivity contribution in [2.75, 3.05) is 59.8 Å². The molecule has 2 aromatic carbocycles. The highest BCUT2D eigenvalue weighted by atomic mass is 35.5. The zero-order valence-corrected chi connectivity index (χ0v) is 17.9. The van der Waals surface area contributed by atoms with E-state index in [1.54, 1.807) is 7.11 Å². The van der Waals surface area contributed by atoms with Crippen LogP contribution < -0.4 is 0 Å². The molecule has 0 amide bonds. The van der Waals surface area contributed by atoms with Gasteiger partial charge in [0.05, 0.1) is 46.2 Å². The lowest BCUT2D eigenvalue weighted by Crippen LogP contribution is -2.46. The van der Waals surface area contributed by atoms with Crippen LogP contribution in [0.25, 0.3) is 0 Å². The summed E-state index contributed by atoms with van der Waals surface area (Å²) in [5.74, 6) is 0.994. The summed E-state index contributed by atoms with van der Waals surface area (Å²) in [7, 11) is 1.66. The van der Waals surface area contributed by atoms with E-state index in [4.69, 9.17) is 35.5 Å². The Morgan fingerprint density at radius 1 is 0.933 bits per heavy atom. The van der Waals surface area contributed by atoms with Gasteiger partial charge in [0, 0.05) is 35.4 Å². The highest BCUT2D eigenvalue weighted by Crippen LogP contribution is 2.46. The number of ether oxygens (including phenoxy) is 4. The van der Waals surface area contributed by atoms with Crippen LogP contribution in [0, 0.1) is 0 Å². The van der Waals surface area contributed by atoms with Crippen LogP contribution in [0.5, 0.6) is 0 Å². The molecule has 7 heteroatoms. The van der Waals surface area contributed by atoms with Crippen molar-refractivity contribution in [2.45, 2.75) is 5.72 Å². The molecule has 2 aliphatic heterocycles. The largest absolute Gasteiger partial charge is 0.382 e. The summed E-state index contributed by atoms with van der Waals surface area (Å²) < 4.78 is 22.7. The molecule has 0 saturated heterocycles. The second-order valence-corrected chi connectivity index (χ2v) is 7.56. The molecule has 0 aliphatic carbocycles. The van der Waals surface area contributed by atoms with Gasteiger partial charge in [-0.1, -0.05) is 48.0 Å². The van der Waals surface area contributed by atoms with Gasteiger partial charge in [-0.15, -0.1) is 0 Å². The molecule has 0 N–H and O–H groups in total. The van der Waals surface area contributed by atoms with E-state index in [0.29, 0.717) is 44.7 Å². The minimum Gasteiger partial charge on any atom is -0.382 e. The van der Waals surface area contributed by atoms with Crippen molar-refractivity contribution in [1.29, 1.82) is 0 Å².